The molecule has 1 aromatic heterocycles. The second-order valence-corrected chi connectivity index (χ2v) is 18.5. The minimum atomic E-state index is -3.48. The van der Waals surface area contributed by atoms with E-state index in [-0.39, 0.29) is 35.0 Å². The molecule has 5 aliphatic rings. The SMILES string of the molecule is CO[C@H]1/C=C/C[C@H](C)CS(=O)(NC(=O)[C@H]2CCc3cnn(C)c3C2)=NC(=O)c2ccc3c(c2)N(C[C@@H]2CC[C@H]21)C[C@@]1(CCCc2cc(Cl)ccc21)CO3. The van der Waals surface area contributed by atoms with Crippen LogP contribution in [0.2, 0.25) is 5.02 Å². The number of methoxy groups -OCH3 is 1. The highest BCUT2D eigenvalue weighted by molar-refractivity contribution is 7.92. The number of rotatable bonds is 3. The van der Waals surface area contributed by atoms with Gasteiger partial charge in [-0.2, -0.15) is 5.10 Å². The number of amides is 2. The van der Waals surface area contributed by atoms with E-state index < -0.39 is 15.8 Å². The quantitative estimate of drug-likeness (QED) is 0.299. The van der Waals surface area contributed by atoms with Crippen molar-refractivity contribution < 1.29 is 23.3 Å². The maximum atomic E-state index is 14.7. The summed E-state index contributed by atoms with van der Waals surface area (Å²) in [4.78, 5) is 30.3. The predicted octanol–water partition coefficient (Wildman–Crippen LogP) is 6.63. The number of benzene rings is 2. The van der Waals surface area contributed by atoms with Gasteiger partial charge in [0, 0.05) is 61.3 Å². The van der Waals surface area contributed by atoms with Crippen LogP contribution in [0.1, 0.15) is 78.2 Å². The Labute approximate surface area is 317 Å². The summed E-state index contributed by atoms with van der Waals surface area (Å²) >= 11 is 6.47. The Balaban J connectivity index is 1.17. The number of carbonyl (C=O) groups is 2. The lowest BCUT2D eigenvalue weighted by Gasteiger charge is -2.46. The number of hydrogen-bond acceptors (Lipinski definition) is 7. The van der Waals surface area contributed by atoms with Gasteiger partial charge in [0.05, 0.1) is 30.3 Å². The van der Waals surface area contributed by atoms with E-state index in [2.05, 4.69) is 43.4 Å². The summed E-state index contributed by atoms with van der Waals surface area (Å²) in [6, 6.07) is 11.7. The van der Waals surface area contributed by atoms with Crippen LogP contribution in [0.15, 0.2) is 59.1 Å². The number of halogens is 1. The third-order valence-electron chi connectivity index (χ3n) is 12.5. The van der Waals surface area contributed by atoms with E-state index in [0.29, 0.717) is 49.0 Å². The minimum Gasteiger partial charge on any atom is -0.490 e. The van der Waals surface area contributed by atoms with Crippen LogP contribution >= 0.6 is 11.6 Å². The molecule has 2 aromatic carbocycles. The molecule has 3 aromatic rings. The van der Waals surface area contributed by atoms with E-state index in [1.54, 1.807) is 17.9 Å². The Hall–Kier alpha value is -3.67. The summed E-state index contributed by atoms with van der Waals surface area (Å²) in [6.07, 6.45) is 13.7. The molecular weight excluding hydrogens is 710 g/mol. The zero-order chi connectivity index (χ0) is 36.9. The average Bonchev–Trinajstić information content (AvgIpc) is 3.42. The molecule has 0 radical (unpaired) electrons. The number of allylic oxidation sites excluding steroid dienone is 1. The first-order valence-electron chi connectivity index (χ1n) is 19.1. The number of aromatic nitrogens is 2. The van der Waals surface area contributed by atoms with Crippen molar-refractivity contribution in [2.45, 2.75) is 76.2 Å². The molecule has 0 saturated heterocycles. The van der Waals surface area contributed by atoms with Crippen LogP contribution in [0.3, 0.4) is 0 Å². The van der Waals surface area contributed by atoms with Crippen LogP contribution in [-0.2, 0) is 51.2 Å². The number of carbonyl (C=O) groups excluding carboxylic acids is 2. The number of aryl methyl sites for hydroxylation is 3. The van der Waals surface area contributed by atoms with Crippen LogP contribution in [0.25, 0.3) is 0 Å². The lowest BCUT2D eigenvalue weighted by atomic mass is 9.68. The van der Waals surface area contributed by atoms with Crippen molar-refractivity contribution in [1.29, 1.82) is 0 Å². The smallest absolute Gasteiger partial charge is 0.286 e. The molecule has 8 rings (SSSR count). The van der Waals surface area contributed by atoms with Gasteiger partial charge in [0.2, 0.25) is 5.91 Å². The predicted molar refractivity (Wildman–Crippen MR) is 207 cm³/mol. The Bertz CT molecular complexity index is 2070. The van der Waals surface area contributed by atoms with E-state index in [4.69, 9.17) is 21.1 Å². The summed E-state index contributed by atoms with van der Waals surface area (Å²) in [5.74, 6) is 0.0544. The third-order valence-corrected chi connectivity index (χ3v) is 14.7. The lowest BCUT2D eigenvalue weighted by molar-refractivity contribution is -0.123. The monoisotopic (exact) mass is 759 g/mol. The Morgan fingerprint density at radius 3 is 2.81 bits per heavy atom. The maximum absolute atomic E-state index is 14.7. The van der Waals surface area contributed by atoms with Gasteiger partial charge < -0.3 is 14.4 Å². The van der Waals surface area contributed by atoms with E-state index in [1.807, 2.05) is 38.4 Å². The Kier molecular flexibility index (Phi) is 9.95. The van der Waals surface area contributed by atoms with Gasteiger partial charge in [0.15, 0.2) is 0 Å². The second-order valence-electron chi connectivity index (χ2n) is 16.1. The molecule has 2 amide bonds. The Morgan fingerprint density at radius 1 is 1.13 bits per heavy atom. The summed E-state index contributed by atoms with van der Waals surface area (Å²) < 4.78 is 36.5. The molecule has 282 valence electrons. The minimum absolute atomic E-state index is 0.0482. The normalized spacial score (nSPS) is 31.8. The van der Waals surface area contributed by atoms with Crippen LogP contribution in [0, 0.1) is 23.7 Å². The van der Waals surface area contributed by atoms with Crippen molar-refractivity contribution in [2.75, 3.05) is 37.5 Å². The molecular formula is C41H50ClN5O5S. The van der Waals surface area contributed by atoms with E-state index in [1.165, 1.54) is 11.1 Å². The fourth-order valence-corrected chi connectivity index (χ4v) is 11.6. The van der Waals surface area contributed by atoms with Crippen molar-refractivity contribution in [3.8, 4) is 5.75 Å². The first kappa shape index (κ1) is 36.3. The summed E-state index contributed by atoms with van der Waals surface area (Å²) in [6.45, 7) is 4.02. The highest BCUT2D eigenvalue weighted by atomic mass is 35.5. The molecule has 1 unspecified atom stereocenters. The molecule has 1 fully saturated rings. The van der Waals surface area contributed by atoms with Gasteiger partial charge in [0.25, 0.3) is 5.91 Å². The van der Waals surface area contributed by atoms with Crippen molar-refractivity contribution in [1.82, 2.24) is 14.5 Å². The van der Waals surface area contributed by atoms with E-state index in [0.717, 1.165) is 73.6 Å². The molecule has 53 heavy (non-hydrogen) atoms. The second kappa shape index (κ2) is 14.5. The fraction of sp³-hybridized carbons (Fsp3) is 0.537. The standard InChI is InChI=1S/C41H50ClN5O5S/c1-26-6-4-8-37(51-3)33-14-11-31(33)22-47-24-41(17-5-7-27-18-32(42)13-15-34(27)41)25-52-38-16-12-29(20-36(38)47)40(49)45-53(50,23-26)44-39(48)28-9-10-30-21-43-46(2)35(30)19-28/h4,8,12-13,15-16,18,20-21,26,28,31,33,37H,5-7,9-11,14,17,19,22-25H2,1-3H3,(H,44,45,48,49,50)/b8-4+/t26-,28-,31-,33+,37-,41-,53?/m0/s1. The van der Waals surface area contributed by atoms with Crippen LogP contribution in [-0.4, -0.2) is 64.5 Å². The first-order chi connectivity index (χ1) is 25.5. The molecule has 2 aliphatic heterocycles. The van der Waals surface area contributed by atoms with Crippen molar-refractivity contribution >= 4 is 39.0 Å². The van der Waals surface area contributed by atoms with Crippen LogP contribution in [0.5, 0.6) is 5.75 Å². The molecule has 3 aliphatic carbocycles. The lowest BCUT2D eigenvalue weighted by Crippen LogP contribution is -2.49. The summed E-state index contributed by atoms with van der Waals surface area (Å²) in [5.41, 5.74) is 5.61. The number of nitrogens with one attached hydrogen (secondary N) is 1. The van der Waals surface area contributed by atoms with Gasteiger partial charge in [-0.1, -0.05) is 36.7 Å². The molecule has 1 N–H and O–H groups in total. The van der Waals surface area contributed by atoms with Crippen molar-refractivity contribution in [3.05, 3.63) is 87.7 Å². The fourth-order valence-electron chi connectivity index (χ4n) is 9.48. The molecule has 2 bridgehead atoms. The van der Waals surface area contributed by atoms with Gasteiger partial charge in [-0.25, -0.2) is 4.21 Å². The van der Waals surface area contributed by atoms with Gasteiger partial charge in [0.1, 0.15) is 15.7 Å². The third kappa shape index (κ3) is 7.16. The van der Waals surface area contributed by atoms with Gasteiger partial charge >= 0.3 is 0 Å². The highest BCUT2D eigenvalue weighted by Crippen LogP contribution is 2.47. The molecule has 12 heteroatoms. The first-order valence-corrected chi connectivity index (χ1v) is 21.2. The average molecular weight is 760 g/mol. The number of anilines is 1. The van der Waals surface area contributed by atoms with E-state index in [9.17, 15) is 13.8 Å². The summed E-state index contributed by atoms with van der Waals surface area (Å²) in [7, 11) is 0.169. The molecule has 7 atom stereocenters. The largest absolute Gasteiger partial charge is 0.490 e. The van der Waals surface area contributed by atoms with Gasteiger partial charge in [-0.15, -0.1) is 4.36 Å². The molecule has 3 heterocycles. The van der Waals surface area contributed by atoms with Crippen LogP contribution in [0.4, 0.5) is 5.69 Å². The number of hydrogen-bond donors (Lipinski definition) is 1. The zero-order valence-electron chi connectivity index (χ0n) is 30.9. The molecule has 10 nitrogen and oxygen atoms in total. The van der Waals surface area contributed by atoms with Crippen molar-refractivity contribution in [3.63, 3.8) is 0 Å². The highest BCUT2D eigenvalue weighted by Gasteiger charge is 2.44. The summed E-state index contributed by atoms with van der Waals surface area (Å²) in [5, 5.41) is 5.11. The van der Waals surface area contributed by atoms with Gasteiger partial charge in [-0.3, -0.25) is 19.0 Å². The van der Waals surface area contributed by atoms with Gasteiger partial charge in [-0.05, 0) is 116 Å². The maximum Gasteiger partial charge on any atom is 0.286 e. The van der Waals surface area contributed by atoms with E-state index >= 15 is 0 Å². The number of fused-ring (bicyclic) bond motifs is 5. The van der Waals surface area contributed by atoms with Crippen molar-refractivity contribution in [2.24, 2.45) is 35.1 Å². The topological polar surface area (TPSA) is 115 Å². The number of nitrogens with zero attached hydrogens (tertiary/aromatic N) is 4. The molecule has 1 saturated carbocycles. The zero-order valence-corrected chi connectivity index (χ0v) is 32.5. The Morgan fingerprint density at radius 2 is 2.00 bits per heavy atom. The number of ether oxygens (including phenoxy) is 2. The molecule has 1 spiro atoms. The van der Waals surface area contributed by atoms with Crippen LogP contribution < -0.4 is 14.4 Å².